The summed E-state index contributed by atoms with van der Waals surface area (Å²) in [6, 6.07) is 8.12. The Morgan fingerprint density at radius 3 is 2.20 bits per heavy atom. The third-order valence-electron chi connectivity index (χ3n) is 8.67. The van der Waals surface area contributed by atoms with Gasteiger partial charge in [-0.2, -0.15) is 13.2 Å². The molecule has 2 heterocycles. The molecule has 0 bridgehead atoms. The van der Waals surface area contributed by atoms with Crippen LogP contribution in [0, 0.1) is 11.6 Å². The van der Waals surface area contributed by atoms with Crippen LogP contribution in [0.3, 0.4) is 0 Å². The first-order valence-electron chi connectivity index (χ1n) is 14.3. The lowest BCUT2D eigenvalue weighted by Crippen LogP contribution is -2.53. The molecule has 1 amide bonds. The van der Waals surface area contributed by atoms with E-state index in [-0.39, 0.29) is 19.6 Å². The maximum Gasteiger partial charge on any atom is 0.495 e. The Morgan fingerprint density at radius 1 is 1.02 bits per heavy atom. The number of nitrogens with zero attached hydrogens (tertiary/aromatic N) is 1. The van der Waals surface area contributed by atoms with Gasteiger partial charge >= 0.3 is 19.3 Å². The number of carbonyl (C=O) groups excluding carboxylic acids is 1. The molecule has 2 N–H and O–H groups in total. The highest BCUT2D eigenvalue weighted by molar-refractivity contribution is 6.65. The smallest absolute Gasteiger partial charge is 0.480 e. The average Bonchev–Trinajstić information content (AvgIpc) is 3.17. The van der Waals surface area contributed by atoms with E-state index >= 15 is 8.78 Å². The SMILES string of the molecule is CC1(C)OB(c2ccc(C[C@H](NC(=O)c3c(F)cc(N4CCOC[C@@H]4C(F)(F)F)cc3F)C(=O)O)c3ccccc23)OC1(C)C. The van der Waals surface area contributed by atoms with Gasteiger partial charge in [-0.25, -0.2) is 13.6 Å². The van der Waals surface area contributed by atoms with Crippen LogP contribution in [0.2, 0.25) is 0 Å². The quantitative estimate of drug-likeness (QED) is 0.290. The molecule has 3 aromatic rings. The molecule has 0 spiro atoms. The van der Waals surface area contributed by atoms with Crippen LogP contribution in [0.25, 0.3) is 10.8 Å². The van der Waals surface area contributed by atoms with Crippen LogP contribution in [0.15, 0.2) is 48.5 Å². The van der Waals surface area contributed by atoms with Crippen molar-refractivity contribution >= 4 is 40.9 Å². The van der Waals surface area contributed by atoms with Gasteiger partial charge in [-0.1, -0.05) is 36.4 Å². The van der Waals surface area contributed by atoms with Gasteiger partial charge in [0, 0.05) is 18.7 Å². The zero-order chi connectivity index (χ0) is 32.9. The summed E-state index contributed by atoms with van der Waals surface area (Å²) in [6.45, 7) is 6.59. The number of anilines is 1. The summed E-state index contributed by atoms with van der Waals surface area (Å²) in [4.78, 5) is 26.0. The number of carboxylic acid groups (broad SMARTS) is 1. The van der Waals surface area contributed by atoms with Gasteiger partial charge in [-0.05, 0) is 61.6 Å². The van der Waals surface area contributed by atoms with E-state index in [4.69, 9.17) is 14.0 Å². The van der Waals surface area contributed by atoms with E-state index in [0.717, 1.165) is 15.7 Å². The fraction of sp³-hybridized carbons (Fsp3) is 0.419. The molecule has 0 aromatic heterocycles. The number of amides is 1. The topological polar surface area (TPSA) is 97.3 Å². The van der Waals surface area contributed by atoms with E-state index in [9.17, 15) is 27.9 Å². The second-order valence-electron chi connectivity index (χ2n) is 12.1. The third-order valence-corrected chi connectivity index (χ3v) is 8.67. The number of aliphatic carboxylic acids is 1. The van der Waals surface area contributed by atoms with Crippen molar-refractivity contribution < 1.29 is 50.7 Å². The Kier molecular flexibility index (Phi) is 8.62. The molecule has 0 aliphatic carbocycles. The van der Waals surface area contributed by atoms with Crippen molar-refractivity contribution in [1.29, 1.82) is 0 Å². The van der Waals surface area contributed by atoms with Crippen molar-refractivity contribution in [3.63, 3.8) is 0 Å². The van der Waals surface area contributed by atoms with Crippen molar-refractivity contribution in [2.75, 3.05) is 24.7 Å². The zero-order valence-electron chi connectivity index (χ0n) is 25.0. The highest BCUT2D eigenvalue weighted by Gasteiger charge is 2.52. The van der Waals surface area contributed by atoms with Gasteiger partial charge in [0.25, 0.3) is 5.91 Å². The van der Waals surface area contributed by atoms with Gasteiger partial charge in [0.1, 0.15) is 29.3 Å². The number of hydrogen-bond acceptors (Lipinski definition) is 6. The Bertz CT molecular complexity index is 1590. The first-order chi connectivity index (χ1) is 21.0. The van der Waals surface area contributed by atoms with Crippen molar-refractivity contribution in [2.45, 2.75) is 63.6 Å². The van der Waals surface area contributed by atoms with E-state index in [2.05, 4.69) is 5.32 Å². The molecule has 240 valence electrons. The lowest BCUT2D eigenvalue weighted by Gasteiger charge is -2.38. The predicted octanol–water partition coefficient (Wildman–Crippen LogP) is 4.61. The van der Waals surface area contributed by atoms with Crippen LogP contribution in [-0.4, -0.2) is 73.3 Å². The van der Waals surface area contributed by atoms with Crippen LogP contribution < -0.4 is 15.7 Å². The fourth-order valence-electron chi connectivity index (χ4n) is 5.52. The molecular formula is C31H32BF5N2O6. The minimum atomic E-state index is -4.73. The number of morpholine rings is 1. The molecule has 2 fully saturated rings. The summed E-state index contributed by atoms with van der Waals surface area (Å²) in [7, 11) is -0.693. The van der Waals surface area contributed by atoms with E-state index in [0.29, 0.717) is 23.1 Å². The van der Waals surface area contributed by atoms with Gasteiger partial charge in [-0.3, -0.25) is 4.79 Å². The van der Waals surface area contributed by atoms with Crippen molar-refractivity contribution in [3.05, 3.63) is 71.3 Å². The molecule has 8 nitrogen and oxygen atoms in total. The van der Waals surface area contributed by atoms with Crippen molar-refractivity contribution in [3.8, 4) is 0 Å². The van der Waals surface area contributed by atoms with Gasteiger partial charge in [0.05, 0.1) is 24.4 Å². The summed E-state index contributed by atoms with van der Waals surface area (Å²) in [6.07, 6.45) is -4.97. The van der Waals surface area contributed by atoms with E-state index < -0.39 is 77.9 Å². The number of carboxylic acids is 1. The molecule has 3 aromatic carbocycles. The average molecular weight is 634 g/mol. The molecule has 0 unspecified atom stereocenters. The summed E-state index contributed by atoms with van der Waals surface area (Å²) in [5.41, 5.74) is -1.47. The van der Waals surface area contributed by atoms with Crippen LogP contribution in [0.1, 0.15) is 43.6 Å². The number of fused-ring (bicyclic) bond motifs is 1. The maximum atomic E-state index is 15.1. The van der Waals surface area contributed by atoms with Crippen LogP contribution >= 0.6 is 0 Å². The van der Waals surface area contributed by atoms with E-state index in [1.807, 2.05) is 33.8 Å². The highest BCUT2D eigenvalue weighted by atomic mass is 19.4. The standard InChI is InChI=1S/C31H32BF5N2O6/c1-29(2)30(3,4)45-32(44-29)21-10-9-17(19-7-5-6-8-20(19)21)13-24(28(41)42)38-27(40)26-22(33)14-18(15-23(26)34)39-11-12-43-16-25(39)31(35,36)37/h5-10,14-15,24-25H,11-13,16H2,1-4H3,(H,38,40)(H,41,42)/t24-,25+/m0/s1. The number of hydrogen-bond donors (Lipinski definition) is 2. The summed E-state index contributed by atoms with van der Waals surface area (Å²) in [5.74, 6) is -5.69. The Morgan fingerprint density at radius 2 is 1.62 bits per heavy atom. The molecule has 45 heavy (non-hydrogen) atoms. The van der Waals surface area contributed by atoms with Crippen LogP contribution in [0.4, 0.5) is 27.6 Å². The van der Waals surface area contributed by atoms with Gasteiger partial charge in [0.15, 0.2) is 0 Å². The minimum absolute atomic E-state index is 0.0926. The lowest BCUT2D eigenvalue weighted by molar-refractivity contribution is -0.167. The first kappa shape index (κ1) is 32.6. The second-order valence-corrected chi connectivity index (χ2v) is 12.1. The molecule has 14 heteroatoms. The molecule has 2 saturated heterocycles. The number of alkyl halides is 3. The lowest BCUT2D eigenvalue weighted by atomic mass is 9.75. The van der Waals surface area contributed by atoms with Crippen LogP contribution in [-0.2, 0) is 25.3 Å². The zero-order valence-corrected chi connectivity index (χ0v) is 25.0. The molecule has 0 radical (unpaired) electrons. The number of ether oxygens (including phenoxy) is 1. The van der Waals surface area contributed by atoms with Gasteiger partial charge < -0.3 is 29.4 Å². The molecule has 2 aliphatic rings. The minimum Gasteiger partial charge on any atom is -0.480 e. The van der Waals surface area contributed by atoms with E-state index in [1.54, 1.807) is 30.3 Å². The van der Waals surface area contributed by atoms with Crippen LogP contribution in [0.5, 0.6) is 0 Å². The predicted molar refractivity (Wildman–Crippen MR) is 157 cm³/mol. The molecule has 2 atom stereocenters. The number of nitrogens with one attached hydrogen (secondary N) is 1. The fourth-order valence-corrected chi connectivity index (χ4v) is 5.52. The summed E-state index contributed by atoms with van der Waals surface area (Å²) >= 11 is 0. The van der Waals surface area contributed by atoms with E-state index in [1.165, 1.54) is 0 Å². The van der Waals surface area contributed by atoms with Gasteiger partial charge in [-0.15, -0.1) is 0 Å². The van der Waals surface area contributed by atoms with Gasteiger partial charge in [0.2, 0.25) is 0 Å². The third kappa shape index (κ3) is 6.36. The Labute approximate surface area is 256 Å². The normalized spacial score (nSPS) is 20.3. The molecule has 0 saturated carbocycles. The monoisotopic (exact) mass is 634 g/mol. The number of benzene rings is 3. The molecule has 5 rings (SSSR count). The first-order valence-corrected chi connectivity index (χ1v) is 14.3. The number of rotatable bonds is 7. The largest absolute Gasteiger partial charge is 0.495 e. The van der Waals surface area contributed by atoms with Crippen molar-refractivity contribution in [2.24, 2.45) is 0 Å². The highest BCUT2D eigenvalue weighted by Crippen LogP contribution is 2.37. The Balaban J connectivity index is 1.39. The van der Waals surface area contributed by atoms with Crippen molar-refractivity contribution in [1.82, 2.24) is 5.32 Å². The molecular weight excluding hydrogens is 602 g/mol. The summed E-state index contributed by atoms with van der Waals surface area (Å²) in [5, 5.41) is 13.5. The maximum absolute atomic E-state index is 15.1. The Hall–Kier alpha value is -3.75. The number of halogens is 5. The molecule has 2 aliphatic heterocycles. The summed E-state index contributed by atoms with van der Waals surface area (Å²) < 4.78 is 88.0. The number of carbonyl (C=O) groups is 2. The second kappa shape index (κ2) is 11.9.